The Kier molecular flexibility index (Phi) is 28.3. The number of methoxy groups -OCH3 is 2. The minimum absolute atomic E-state index is 0.268. The molecule has 0 unspecified atom stereocenters. The van der Waals surface area contributed by atoms with Gasteiger partial charge in [-0.15, -0.1) is 0 Å². The molecule has 2 aliphatic rings. The highest BCUT2D eigenvalue weighted by Crippen LogP contribution is 2.39. The third kappa shape index (κ3) is 21.9. The van der Waals surface area contributed by atoms with Crippen molar-refractivity contribution < 1.29 is 31.8 Å². The molecule has 0 spiro atoms. The molecule has 12 aromatic heterocycles. The van der Waals surface area contributed by atoms with Gasteiger partial charge in [0.05, 0.1) is 108 Å². The molecule has 13 heterocycles. The Bertz CT molecular complexity index is 6750. The van der Waals surface area contributed by atoms with E-state index in [1.54, 1.807) is 87.5 Å². The number of morpholine rings is 1. The fraction of sp³-hybridized carbons (Fsp3) is 0.260. The van der Waals surface area contributed by atoms with Gasteiger partial charge in [0, 0.05) is 124 Å². The molecular weight excluding hydrogens is 1660 g/mol. The molecule has 0 amide bonds. The molecule has 0 radical (unpaired) electrons. The first-order valence-electron chi connectivity index (χ1n) is 43.4. The van der Waals surface area contributed by atoms with E-state index in [4.69, 9.17) is 54.1 Å². The van der Waals surface area contributed by atoms with Crippen molar-refractivity contribution >= 4 is 46.4 Å². The van der Waals surface area contributed by atoms with Crippen molar-refractivity contribution in [3.05, 3.63) is 289 Å². The van der Waals surface area contributed by atoms with Crippen molar-refractivity contribution in [1.29, 1.82) is 0 Å². The van der Waals surface area contributed by atoms with Gasteiger partial charge in [-0.2, -0.15) is 0 Å². The van der Waals surface area contributed by atoms with E-state index >= 15 is 0 Å². The van der Waals surface area contributed by atoms with E-state index in [1.807, 2.05) is 141 Å². The van der Waals surface area contributed by atoms with Gasteiger partial charge >= 0.3 is 0 Å². The van der Waals surface area contributed by atoms with Crippen LogP contribution in [0.4, 0.5) is 41.4 Å². The largest absolute Gasteiger partial charge is 0.496 e. The summed E-state index contributed by atoms with van der Waals surface area (Å²) < 4.78 is 79.0. The molecule has 1 aliphatic carbocycles. The molecule has 27 nitrogen and oxygen atoms in total. The molecule has 2 fully saturated rings. The number of ether oxygens (including phenoxy) is 3. The fourth-order valence-electron chi connectivity index (χ4n) is 15.6. The minimum atomic E-state index is -0.298. The van der Waals surface area contributed by atoms with Crippen molar-refractivity contribution in [2.45, 2.75) is 71.4 Å². The summed E-state index contributed by atoms with van der Waals surface area (Å²) in [7, 11) is 19.6. The summed E-state index contributed by atoms with van der Waals surface area (Å²) in [5.74, 6) is 2.65. The van der Waals surface area contributed by atoms with Gasteiger partial charge in [0.25, 0.3) is 0 Å². The highest BCUT2D eigenvalue weighted by Gasteiger charge is 2.27. The third-order valence-corrected chi connectivity index (χ3v) is 21.8. The first kappa shape index (κ1) is 89.9. The highest BCUT2D eigenvalue weighted by atomic mass is 19.1. The molecular formula is C100H104F4N24O3. The standard InChI is InChI=1S/C29H29FN6O2.C24H25FN6O.C24H27FN6.C23H23FN6/c1-35(2)18-19-13-15-36-26(16-19)34-27(20-8-10-21(30)11-9-20)28(36)23-12-14-31-29(33-23)32-17-22-24(37-3)6-5-7-25(22)38-4;1-29(2)16-17-8-10-31-21(15-17)28-22(18-3-5-19(25)6-4-18)23(31)20-7-9-26-24(27-20)30-11-13-32-14-12-30;1-4-5-12-26-24-27-13-10-20(28-24)23-22(18-6-8-19(25)9-7-18)29-21-15-17(16-30(2)3)11-14-31(21)23;1-29(2)14-15-10-12-30-20(13-15)28-21(16-3-5-17(24)6-4-16)22(30)19-9-11-25-23(27-19)26-18-7-8-18/h5-16H,17-18H2,1-4H3,(H,31,32,33);3-10,15H,11-14,16H2,1-2H3;6-11,13-15H,4-5,12,16H2,1-3H3,(H,26,27,28);3-6,9-13,18H,7-8,14H2,1-2H3,(H,25,26,27). The molecule has 19 rings (SSSR count). The first-order valence-corrected chi connectivity index (χ1v) is 43.4. The minimum Gasteiger partial charge on any atom is -0.496 e. The second-order valence-corrected chi connectivity index (χ2v) is 33.1. The van der Waals surface area contributed by atoms with Crippen molar-refractivity contribution in [2.24, 2.45) is 0 Å². The predicted octanol–water partition coefficient (Wildman–Crippen LogP) is 17.9. The summed E-state index contributed by atoms with van der Waals surface area (Å²) >= 11 is 0. The van der Waals surface area contributed by atoms with Crippen molar-refractivity contribution in [3.8, 4) is 102 Å². The average Bonchev–Trinajstić information content (AvgIpc) is 1.63. The number of benzene rings is 5. The zero-order chi connectivity index (χ0) is 91.2. The summed E-state index contributed by atoms with van der Waals surface area (Å²) in [4.78, 5) is 67.1. The van der Waals surface area contributed by atoms with Crippen LogP contribution in [-0.2, 0) is 37.5 Å². The monoisotopic (exact) mass is 1760 g/mol. The number of aromatic nitrogens is 16. The lowest BCUT2D eigenvalue weighted by Gasteiger charge is -2.26. The SMILES string of the molecule is CCCCNc1nccc(-c2c(-c3ccc(F)cc3)nc3cc(CN(C)C)ccn23)n1.CN(C)Cc1ccn2c(-c3ccnc(N4CCOCC4)n3)c(-c3ccc(F)cc3)nc2c1.CN(C)Cc1ccn2c(-c3ccnc(NC4CC4)n3)c(-c3ccc(F)cc3)nc2c1.COc1cccc(OC)c1CNc1nccc(-c2c(-c3ccc(F)cc3)nc3cc(CN(C)C)ccn23)n1. The van der Waals surface area contributed by atoms with Crippen LogP contribution in [0.1, 0.15) is 60.4 Å². The summed E-state index contributed by atoms with van der Waals surface area (Å²) in [6.07, 6.45) is 19.5. The normalized spacial score (nSPS) is 12.6. The maximum Gasteiger partial charge on any atom is 0.226 e. The zero-order valence-electron chi connectivity index (χ0n) is 75.1. The van der Waals surface area contributed by atoms with Crippen LogP contribution in [-0.4, -0.2) is 207 Å². The molecule has 670 valence electrons. The molecule has 1 saturated carbocycles. The number of pyridine rings is 4. The molecule has 17 aromatic rings. The van der Waals surface area contributed by atoms with Gasteiger partial charge in [0.2, 0.25) is 23.8 Å². The lowest BCUT2D eigenvalue weighted by molar-refractivity contribution is 0.122. The van der Waals surface area contributed by atoms with E-state index < -0.39 is 0 Å². The molecule has 3 N–H and O–H groups in total. The lowest BCUT2D eigenvalue weighted by Crippen LogP contribution is -2.37. The van der Waals surface area contributed by atoms with E-state index in [1.165, 1.54) is 65.2 Å². The number of fused-ring (bicyclic) bond motifs is 4. The molecule has 1 saturated heterocycles. The van der Waals surface area contributed by atoms with Crippen molar-refractivity contribution in [1.82, 2.24) is 97.0 Å². The Balaban J connectivity index is 0.000000128. The van der Waals surface area contributed by atoms with Crippen LogP contribution in [0.5, 0.6) is 11.5 Å². The van der Waals surface area contributed by atoms with Crippen LogP contribution in [0, 0.1) is 23.3 Å². The van der Waals surface area contributed by atoms with E-state index in [0.29, 0.717) is 72.5 Å². The summed E-state index contributed by atoms with van der Waals surface area (Å²) in [5.41, 5.74) is 21.5. The van der Waals surface area contributed by atoms with Gasteiger partial charge in [0.15, 0.2) is 0 Å². The van der Waals surface area contributed by atoms with Crippen LogP contribution in [0.15, 0.2) is 238 Å². The topological polar surface area (TPSA) is 252 Å². The van der Waals surface area contributed by atoms with Gasteiger partial charge in [-0.25, -0.2) is 77.4 Å². The molecule has 0 bridgehead atoms. The average molecular weight is 1770 g/mol. The third-order valence-electron chi connectivity index (χ3n) is 21.8. The number of nitrogens with zero attached hydrogens (tertiary/aromatic N) is 21. The Labute approximate surface area is 757 Å². The molecule has 0 atom stereocenters. The number of nitrogens with one attached hydrogen (secondary N) is 3. The fourth-order valence-corrected chi connectivity index (χ4v) is 15.6. The molecule has 131 heavy (non-hydrogen) atoms. The number of imidazole rings is 4. The van der Waals surface area contributed by atoms with Gasteiger partial charge in [-0.3, -0.25) is 17.6 Å². The number of halogens is 4. The van der Waals surface area contributed by atoms with Crippen LogP contribution in [0.2, 0.25) is 0 Å². The van der Waals surface area contributed by atoms with Crippen molar-refractivity contribution in [3.63, 3.8) is 0 Å². The second-order valence-electron chi connectivity index (χ2n) is 33.1. The Morgan fingerprint density at radius 2 is 0.718 bits per heavy atom. The molecule has 5 aromatic carbocycles. The quantitative estimate of drug-likeness (QED) is 0.0304. The highest BCUT2D eigenvalue weighted by molar-refractivity contribution is 5.85. The van der Waals surface area contributed by atoms with Gasteiger partial charge in [0.1, 0.15) is 57.4 Å². The number of hydrogen-bond donors (Lipinski definition) is 3. The second kappa shape index (κ2) is 41.3. The zero-order valence-corrected chi connectivity index (χ0v) is 75.1. The summed E-state index contributed by atoms with van der Waals surface area (Å²) in [6, 6.07) is 55.9. The van der Waals surface area contributed by atoms with E-state index in [-0.39, 0.29) is 23.3 Å². The van der Waals surface area contributed by atoms with E-state index in [9.17, 15) is 17.6 Å². The van der Waals surface area contributed by atoms with Gasteiger partial charge < -0.3 is 54.7 Å². The van der Waals surface area contributed by atoms with Crippen LogP contribution in [0.25, 0.3) is 113 Å². The predicted molar refractivity (Wildman–Crippen MR) is 506 cm³/mol. The molecule has 1 aliphatic heterocycles. The van der Waals surface area contributed by atoms with Gasteiger partial charge in [-0.1, -0.05) is 19.4 Å². The Morgan fingerprint density at radius 3 is 1.05 bits per heavy atom. The Hall–Kier alpha value is -14.5. The lowest BCUT2D eigenvalue weighted by atomic mass is 10.1. The number of rotatable bonds is 28. The number of hydrogen-bond acceptors (Lipinski definition) is 23. The van der Waals surface area contributed by atoms with Crippen LogP contribution in [0.3, 0.4) is 0 Å². The maximum absolute atomic E-state index is 13.7. The Morgan fingerprint density at radius 1 is 0.389 bits per heavy atom. The van der Waals surface area contributed by atoms with Crippen LogP contribution < -0.4 is 30.3 Å². The number of unbranched alkanes of at least 4 members (excludes halogenated alkanes) is 1. The van der Waals surface area contributed by atoms with E-state index in [0.717, 1.165) is 184 Å². The first-order chi connectivity index (χ1) is 63.7. The summed E-state index contributed by atoms with van der Waals surface area (Å²) in [6.45, 7) is 9.49. The van der Waals surface area contributed by atoms with Crippen LogP contribution >= 0.6 is 0 Å². The molecule has 31 heteroatoms. The number of anilines is 4. The maximum atomic E-state index is 13.7. The van der Waals surface area contributed by atoms with E-state index in [2.05, 4.69) is 116 Å². The smallest absolute Gasteiger partial charge is 0.226 e. The summed E-state index contributed by atoms with van der Waals surface area (Å²) in [5, 5.41) is 9.93. The van der Waals surface area contributed by atoms with Crippen molar-refractivity contribution in [2.75, 3.05) is 124 Å². The van der Waals surface area contributed by atoms with Gasteiger partial charge in [-0.05, 0) is 280 Å².